The highest BCUT2D eigenvalue weighted by Gasteiger charge is 2.18. The van der Waals surface area contributed by atoms with Crippen LogP contribution in [0.2, 0.25) is 0 Å². The third kappa shape index (κ3) is 2.42. The predicted octanol–water partition coefficient (Wildman–Crippen LogP) is 4.55. The monoisotopic (exact) mass is 300 g/mol. The highest BCUT2D eigenvalue weighted by Crippen LogP contribution is 2.37. The number of carbonyl (C=O) groups is 1. The van der Waals surface area contributed by atoms with Gasteiger partial charge in [-0.15, -0.1) is 0 Å². The van der Waals surface area contributed by atoms with Crippen LogP contribution in [-0.4, -0.2) is 11.1 Å². The van der Waals surface area contributed by atoms with E-state index in [9.17, 15) is 9.90 Å². The second-order valence-electron chi connectivity index (χ2n) is 5.96. The van der Waals surface area contributed by atoms with Gasteiger partial charge in [-0.25, -0.2) is 4.79 Å². The number of rotatable bonds is 3. The SMILES string of the molecule is O=C(O)c1ccccc1Cc1ccc2c(c1)Cc1ccccc1-2. The van der Waals surface area contributed by atoms with Crippen LogP contribution in [0.15, 0.2) is 66.7 Å². The summed E-state index contributed by atoms with van der Waals surface area (Å²) in [6.07, 6.45) is 1.60. The van der Waals surface area contributed by atoms with Gasteiger partial charge in [-0.2, -0.15) is 0 Å². The first-order valence-electron chi connectivity index (χ1n) is 7.73. The van der Waals surface area contributed by atoms with Gasteiger partial charge >= 0.3 is 5.97 Å². The molecule has 0 spiro atoms. The van der Waals surface area contributed by atoms with Crippen molar-refractivity contribution in [2.45, 2.75) is 12.8 Å². The van der Waals surface area contributed by atoms with Gasteiger partial charge in [0.2, 0.25) is 0 Å². The molecular formula is C21H16O2. The second-order valence-corrected chi connectivity index (χ2v) is 5.96. The molecule has 0 amide bonds. The minimum Gasteiger partial charge on any atom is -0.478 e. The van der Waals surface area contributed by atoms with Crippen LogP contribution in [0, 0.1) is 0 Å². The fraction of sp³-hybridized carbons (Fsp3) is 0.0952. The molecule has 0 heterocycles. The third-order valence-corrected chi connectivity index (χ3v) is 4.50. The van der Waals surface area contributed by atoms with E-state index < -0.39 is 5.97 Å². The van der Waals surface area contributed by atoms with Gasteiger partial charge in [-0.3, -0.25) is 0 Å². The van der Waals surface area contributed by atoms with Crippen molar-refractivity contribution < 1.29 is 9.90 Å². The van der Waals surface area contributed by atoms with Gasteiger partial charge < -0.3 is 5.11 Å². The average molecular weight is 300 g/mol. The summed E-state index contributed by atoms with van der Waals surface area (Å²) in [5.74, 6) is -0.867. The lowest BCUT2D eigenvalue weighted by atomic mass is 9.96. The van der Waals surface area contributed by atoms with Crippen molar-refractivity contribution in [3.63, 3.8) is 0 Å². The van der Waals surface area contributed by atoms with Crippen LogP contribution in [-0.2, 0) is 12.8 Å². The standard InChI is InChI=1S/C21H16O2/c22-21(23)20-8-4-2-5-15(20)11-14-9-10-19-17(12-14)13-16-6-1-3-7-18(16)19/h1-10,12H,11,13H2,(H,22,23). The van der Waals surface area contributed by atoms with E-state index >= 15 is 0 Å². The Morgan fingerprint density at radius 3 is 2.48 bits per heavy atom. The number of aromatic carboxylic acids is 1. The van der Waals surface area contributed by atoms with Crippen LogP contribution in [0.3, 0.4) is 0 Å². The van der Waals surface area contributed by atoms with Crippen molar-refractivity contribution in [2.75, 3.05) is 0 Å². The first-order chi connectivity index (χ1) is 11.2. The summed E-state index contributed by atoms with van der Waals surface area (Å²) in [7, 11) is 0. The van der Waals surface area contributed by atoms with E-state index in [-0.39, 0.29) is 0 Å². The molecular weight excluding hydrogens is 284 g/mol. The van der Waals surface area contributed by atoms with Gasteiger partial charge in [0, 0.05) is 0 Å². The van der Waals surface area contributed by atoms with E-state index in [2.05, 4.69) is 42.5 Å². The maximum atomic E-state index is 11.3. The van der Waals surface area contributed by atoms with Gasteiger partial charge in [0.1, 0.15) is 0 Å². The zero-order valence-corrected chi connectivity index (χ0v) is 12.6. The van der Waals surface area contributed by atoms with Crippen LogP contribution >= 0.6 is 0 Å². The van der Waals surface area contributed by atoms with Crippen LogP contribution in [0.5, 0.6) is 0 Å². The molecule has 3 aromatic rings. The summed E-state index contributed by atoms with van der Waals surface area (Å²) in [6, 6.07) is 22.2. The molecule has 0 radical (unpaired) electrons. The minimum atomic E-state index is -0.867. The summed E-state index contributed by atoms with van der Waals surface area (Å²) in [5, 5.41) is 9.32. The molecule has 0 atom stereocenters. The molecule has 0 unspecified atom stereocenters. The van der Waals surface area contributed by atoms with Crippen LogP contribution in [0.25, 0.3) is 11.1 Å². The lowest BCUT2D eigenvalue weighted by Gasteiger charge is -2.08. The Kier molecular flexibility index (Phi) is 3.23. The molecule has 4 rings (SSSR count). The molecule has 0 saturated heterocycles. The molecule has 0 bridgehead atoms. The normalized spacial score (nSPS) is 11.8. The molecule has 112 valence electrons. The summed E-state index contributed by atoms with van der Waals surface area (Å²) < 4.78 is 0. The molecule has 0 saturated carbocycles. The Labute approximate surface area is 135 Å². The fourth-order valence-corrected chi connectivity index (χ4v) is 3.41. The molecule has 23 heavy (non-hydrogen) atoms. The Hall–Kier alpha value is -2.87. The minimum absolute atomic E-state index is 0.385. The lowest BCUT2D eigenvalue weighted by molar-refractivity contribution is 0.0696. The number of hydrogen-bond donors (Lipinski definition) is 1. The number of carboxylic acids is 1. The molecule has 3 aromatic carbocycles. The van der Waals surface area contributed by atoms with Gasteiger partial charge in [-0.05, 0) is 52.3 Å². The molecule has 0 aromatic heterocycles. The van der Waals surface area contributed by atoms with Crippen molar-refractivity contribution in [2.24, 2.45) is 0 Å². The fourth-order valence-electron chi connectivity index (χ4n) is 3.41. The molecule has 1 aliphatic carbocycles. The Bertz CT molecular complexity index is 909. The largest absolute Gasteiger partial charge is 0.478 e. The average Bonchev–Trinajstić information content (AvgIpc) is 2.93. The molecule has 2 heteroatoms. The summed E-state index contributed by atoms with van der Waals surface area (Å²) in [5.41, 5.74) is 7.72. The summed E-state index contributed by atoms with van der Waals surface area (Å²) in [4.78, 5) is 11.3. The second kappa shape index (κ2) is 5.40. The molecule has 1 N–H and O–H groups in total. The molecule has 0 fully saturated rings. The maximum Gasteiger partial charge on any atom is 0.335 e. The van der Waals surface area contributed by atoms with Crippen molar-refractivity contribution in [3.05, 3.63) is 94.5 Å². The van der Waals surface area contributed by atoms with Gasteiger partial charge in [0.05, 0.1) is 5.56 Å². The van der Waals surface area contributed by atoms with Gasteiger partial charge in [0.25, 0.3) is 0 Å². The van der Waals surface area contributed by atoms with Crippen LogP contribution in [0.4, 0.5) is 0 Å². The Morgan fingerprint density at radius 2 is 1.61 bits per heavy atom. The van der Waals surface area contributed by atoms with E-state index in [1.165, 1.54) is 22.3 Å². The Balaban J connectivity index is 1.69. The van der Waals surface area contributed by atoms with Gasteiger partial charge in [-0.1, -0.05) is 60.7 Å². The lowest BCUT2D eigenvalue weighted by Crippen LogP contribution is -2.02. The maximum absolute atomic E-state index is 11.3. The first kappa shape index (κ1) is 13.8. The van der Waals surface area contributed by atoms with E-state index in [1.54, 1.807) is 12.1 Å². The van der Waals surface area contributed by atoms with Gasteiger partial charge in [0.15, 0.2) is 0 Å². The first-order valence-corrected chi connectivity index (χ1v) is 7.73. The summed E-state index contributed by atoms with van der Waals surface area (Å²) in [6.45, 7) is 0. The van der Waals surface area contributed by atoms with Crippen molar-refractivity contribution in [1.82, 2.24) is 0 Å². The zero-order chi connectivity index (χ0) is 15.8. The molecule has 2 nitrogen and oxygen atoms in total. The number of carboxylic acid groups (broad SMARTS) is 1. The zero-order valence-electron chi connectivity index (χ0n) is 12.6. The molecule has 0 aliphatic heterocycles. The predicted molar refractivity (Wildman–Crippen MR) is 90.9 cm³/mol. The number of hydrogen-bond acceptors (Lipinski definition) is 1. The van der Waals surface area contributed by atoms with Crippen LogP contribution < -0.4 is 0 Å². The van der Waals surface area contributed by atoms with Crippen molar-refractivity contribution in [1.29, 1.82) is 0 Å². The van der Waals surface area contributed by atoms with E-state index in [1.807, 2.05) is 12.1 Å². The molecule has 1 aliphatic rings. The highest BCUT2D eigenvalue weighted by atomic mass is 16.4. The van der Waals surface area contributed by atoms with Crippen molar-refractivity contribution >= 4 is 5.97 Å². The van der Waals surface area contributed by atoms with E-state index in [0.717, 1.165) is 17.5 Å². The smallest absolute Gasteiger partial charge is 0.335 e. The van der Waals surface area contributed by atoms with E-state index in [0.29, 0.717) is 12.0 Å². The van der Waals surface area contributed by atoms with Crippen molar-refractivity contribution in [3.8, 4) is 11.1 Å². The van der Waals surface area contributed by atoms with Crippen LogP contribution in [0.1, 0.15) is 32.6 Å². The quantitative estimate of drug-likeness (QED) is 0.603. The summed E-state index contributed by atoms with van der Waals surface area (Å²) >= 11 is 0. The number of benzene rings is 3. The van der Waals surface area contributed by atoms with E-state index in [4.69, 9.17) is 0 Å². The topological polar surface area (TPSA) is 37.3 Å². The number of fused-ring (bicyclic) bond motifs is 3. The Morgan fingerprint density at radius 1 is 0.870 bits per heavy atom. The third-order valence-electron chi connectivity index (χ3n) is 4.50. The highest BCUT2D eigenvalue weighted by molar-refractivity contribution is 5.89.